The van der Waals surface area contributed by atoms with Gasteiger partial charge in [-0.05, 0) is 79.2 Å². The summed E-state index contributed by atoms with van der Waals surface area (Å²) in [6.45, 7) is 4.07. The van der Waals surface area contributed by atoms with Crippen molar-refractivity contribution < 1.29 is 19.0 Å². The molecule has 0 spiro atoms. The van der Waals surface area contributed by atoms with Gasteiger partial charge in [0.2, 0.25) is 6.79 Å². The zero-order chi connectivity index (χ0) is 24.3. The molecule has 180 valence electrons. The molecule has 0 radical (unpaired) electrons. The van der Waals surface area contributed by atoms with E-state index in [2.05, 4.69) is 25.4 Å². The summed E-state index contributed by atoms with van der Waals surface area (Å²) in [4.78, 5) is 13.3. The Morgan fingerprint density at radius 1 is 0.829 bits per heavy atom. The second kappa shape index (κ2) is 12.4. The normalized spacial score (nSPS) is 13.9. The molecule has 0 saturated carbocycles. The van der Waals surface area contributed by atoms with Gasteiger partial charge in [0.25, 0.3) is 0 Å². The van der Waals surface area contributed by atoms with Crippen LogP contribution in [0.4, 0.5) is 28.4 Å². The second-order valence-corrected chi connectivity index (χ2v) is 7.71. The first-order valence-corrected chi connectivity index (χ1v) is 11.4. The number of ether oxygens (including phenoxy) is 3. The minimum Gasteiger partial charge on any atom is -0.457 e. The molecule has 9 nitrogen and oxygen atoms in total. The van der Waals surface area contributed by atoms with Crippen molar-refractivity contribution in [1.82, 2.24) is 0 Å². The lowest BCUT2D eigenvalue weighted by molar-refractivity contribution is -0.149. The molecule has 4 rings (SSSR count). The minimum atomic E-state index is -0.305. The van der Waals surface area contributed by atoms with Crippen LogP contribution in [0, 0.1) is 0 Å². The van der Waals surface area contributed by atoms with E-state index in [4.69, 9.17) is 14.2 Å². The van der Waals surface area contributed by atoms with Crippen LogP contribution >= 0.6 is 0 Å². The summed E-state index contributed by atoms with van der Waals surface area (Å²) < 4.78 is 15.7. The molecule has 0 unspecified atom stereocenters. The number of esters is 1. The van der Waals surface area contributed by atoms with Crippen LogP contribution < -0.4 is 9.64 Å². The lowest BCUT2D eigenvalue weighted by Crippen LogP contribution is -2.32. The molecule has 1 heterocycles. The molecular weight excluding hydrogens is 446 g/mol. The van der Waals surface area contributed by atoms with E-state index in [1.165, 1.54) is 0 Å². The van der Waals surface area contributed by atoms with Gasteiger partial charge in [-0.2, -0.15) is 20.5 Å². The molecule has 0 N–H and O–H groups in total. The fourth-order valence-electron chi connectivity index (χ4n) is 3.22. The Labute approximate surface area is 204 Å². The van der Waals surface area contributed by atoms with E-state index in [-0.39, 0.29) is 12.8 Å². The molecule has 0 aromatic heterocycles. The second-order valence-electron chi connectivity index (χ2n) is 7.71. The van der Waals surface area contributed by atoms with E-state index < -0.39 is 0 Å². The van der Waals surface area contributed by atoms with E-state index in [1.54, 1.807) is 31.2 Å². The summed E-state index contributed by atoms with van der Waals surface area (Å²) in [5, 5.41) is 17.1. The van der Waals surface area contributed by atoms with Crippen LogP contribution in [0.15, 0.2) is 93.3 Å². The predicted octanol–water partition coefficient (Wildman–Crippen LogP) is 6.99. The van der Waals surface area contributed by atoms with Crippen molar-refractivity contribution in [2.24, 2.45) is 20.5 Å². The number of azo groups is 2. The van der Waals surface area contributed by atoms with Crippen molar-refractivity contribution in [3.8, 4) is 5.75 Å². The van der Waals surface area contributed by atoms with Crippen molar-refractivity contribution in [2.75, 3.05) is 31.6 Å². The maximum Gasteiger partial charge on any atom is 0.308 e. The highest BCUT2D eigenvalue weighted by Gasteiger charge is 2.10. The summed E-state index contributed by atoms with van der Waals surface area (Å²) >= 11 is 0. The van der Waals surface area contributed by atoms with Crippen LogP contribution in [0.2, 0.25) is 0 Å². The van der Waals surface area contributed by atoms with Crippen LogP contribution in [0.3, 0.4) is 0 Å². The van der Waals surface area contributed by atoms with Gasteiger partial charge in [-0.3, -0.25) is 4.79 Å². The third-order valence-electron chi connectivity index (χ3n) is 5.16. The lowest BCUT2D eigenvalue weighted by Gasteiger charge is -2.28. The van der Waals surface area contributed by atoms with Crippen LogP contribution in [0.25, 0.3) is 0 Å². The first-order valence-electron chi connectivity index (χ1n) is 11.4. The largest absolute Gasteiger partial charge is 0.457 e. The van der Waals surface area contributed by atoms with Gasteiger partial charge >= 0.3 is 5.97 Å². The average molecular weight is 474 g/mol. The number of benzene rings is 3. The first kappa shape index (κ1) is 24.0. The molecule has 3 aromatic carbocycles. The summed E-state index contributed by atoms with van der Waals surface area (Å²) in [5.74, 6) is 0.276. The number of hydrogen-bond donors (Lipinski definition) is 0. The van der Waals surface area contributed by atoms with E-state index >= 15 is 0 Å². The Morgan fingerprint density at radius 2 is 1.34 bits per heavy atom. The Morgan fingerprint density at radius 3 is 1.83 bits per heavy atom. The molecule has 0 atom stereocenters. The number of anilines is 1. The fraction of sp³-hybridized carbons (Fsp3) is 0.269. The van der Waals surface area contributed by atoms with Crippen LogP contribution in [0.1, 0.15) is 19.8 Å². The van der Waals surface area contributed by atoms with Crippen LogP contribution in [-0.2, 0) is 14.3 Å². The topological polar surface area (TPSA) is 97.4 Å². The number of nitrogens with zero attached hydrogens (tertiary/aromatic N) is 5. The van der Waals surface area contributed by atoms with E-state index in [0.29, 0.717) is 30.3 Å². The Bertz CT molecular complexity index is 1140. The molecule has 1 aliphatic rings. The Hall–Kier alpha value is -4.11. The third-order valence-corrected chi connectivity index (χ3v) is 5.16. The monoisotopic (exact) mass is 473 g/mol. The standard InChI is InChI=1S/C26H27N5O4/c1-2-26(32)35-19-34-25-14-10-23(11-15-25)30-28-21-6-4-20(5-7-21)27-29-22-8-12-24(13-9-22)31-16-3-17-33-18-31/h4-15H,2-3,16-19H2,1H3. The summed E-state index contributed by atoms with van der Waals surface area (Å²) in [6.07, 6.45) is 1.35. The fourth-order valence-corrected chi connectivity index (χ4v) is 3.22. The van der Waals surface area contributed by atoms with Gasteiger partial charge in [0.1, 0.15) is 12.5 Å². The molecule has 0 amide bonds. The first-order chi connectivity index (χ1) is 17.2. The average Bonchev–Trinajstić information content (AvgIpc) is 2.92. The molecule has 1 saturated heterocycles. The third kappa shape index (κ3) is 7.44. The lowest BCUT2D eigenvalue weighted by atomic mass is 10.2. The summed E-state index contributed by atoms with van der Waals surface area (Å²) in [6, 6.07) is 22.3. The van der Waals surface area contributed by atoms with Crippen molar-refractivity contribution in [1.29, 1.82) is 0 Å². The quantitative estimate of drug-likeness (QED) is 0.189. The predicted molar refractivity (Wildman–Crippen MR) is 132 cm³/mol. The molecule has 0 aliphatic carbocycles. The van der Waals surface area contributed by atoms with Gasteiger partial charge in [0.15, 0.2) is 0 Å². The highest BCUT2D eigenvalue weighted by atomic mass is 16.7. The number of hydrogen-bond acceptors (Lipinski definition) is 9. The highest BCUT2D eigenvalue weighted by molar-refractivity contribution is 5.68. The number of carbonyl (C=O) groups is 1. The number of carbonyl (C=O) groups excluding carboxylic acids is 1. The maximum atomic E-state index is 11.1. The Kier molecular flexibility index (Phi) is 8.50. The SMILES string of the molecule is CCC(=O)OCOc1ccc(N=Nc2ccc(N=Nc3ccc(N4CCCOC4)cc3)cc2)cc1. The van der Waals surface area contributed by atoms with Crippen LogP contribution in [0.5, 0.6) is 5.75 Å². The van der Waals surface area contributed by atoms with Crippen LogP contribution in [-0.4, -0.2) is 32.6 Å². The van der Waals surface area contributed by atoms with Gasteiger partial charge in [-0.15, -0.1) is 0 Å². The molecule has 1 aliphatic heterocycles. The van der Waals surface area contributed by atoms with Crippen molar-refractivity contribution >= 4 is 34.4 Å². The molecular formula is C26H27N5O4. The zero-order valence-corrected chi connectivity index (χ0v) is 19.5. The van der Waals surface area contributed by atoms with E-state index in [9.17, 15) is 4.79 Å². The molecule has 3 aromatic rings. The van der Waals surface area contributed by atoms with E-state index in [1.807, 2.05) is 48.5 Å². The molecule has 1 fully saturated rings. The zero-order valence-electron chi connectivity index (χ0n) is 19.5. The number of rotatable bonds is 9. The smallest absolute Gasteiger partial charge is 0.308 e. The van der Waals surface area contributed by atoms with Gasteiger partial charge < -0.3 is 19.1 Å². The minimum absolute atomic E-state index is 0.115. The summed E-state index contributed by atoms with van der Waals surface area (Å²) in [5.41, 5.74) is 4.00. The van der Waals surface area contributed by atoms with Gasteiger partial charge in [-0.1, -0.05) is 6.92 Å². The molecule has 9 heteroatoms. The van der Waals surface area contributed by atoms with E-state index in [0.717, 1.165) is 36.6 Å². The maximum absolute atomic E-state index is 11.1. The summed E-state index contributed by atoms with van der Waals surface area (Å²) in [7, 11) is 0. The van der Waals surface area contributed by atoms with Crippen molar-refractivity contribution in [3.05, 3.63) is 72.8 Å². The van der Waals surface area contributed by atoms with Crippen molar-refractivity contribution in [3.63, 3.8) is 0 Å². The van der Waals surface area contributed by atoms with Gasteiger partial charge in [-0.25, -0.2) is 0 Å². The molecule has 0 bridgehead atoms. The highest BCUT2D eigenvalue weighted by Crippen LogP contribution is 2.26. The molecule has 35 heavy (non-hydrogen) atoms. The Balaban J connectivity index is 1.27. The van der Waals surface area contributed by atoms with Crippen molar-refractivity contribution in [2.45, 2.75) is 19.8 Å². The van der Waals surface area contributed by atoms with Gasteiger partial charge in [0.05, 0.1) is 29.4 Å². The van der Waals surface area contributed by atoms with Gasteiger partial charge in [0, 0.05) is 18.7 Å².